The third kappa shape index (κ3) is 8.92. The highest BCUT2D eigenvalue weighted by atomic mass is 19.1. The molecule has 0 aliphatic carbocycles. The van der Waals surface area contributed by atoms with Crippen molar-refractivity contribution in [3.8, 4) is 11.5 Å². The second kappa shape index (κ2) is 15.0. The van der Waals surface area contributed by atoms with E-state index in [1.165, 1.54) is 24.1 Å². The zero-order chi connectivity index (χ0) is 29.9. The Hall–Kier alpha value is -4.15. The van der Waals surface area contributed by atoms with Crippen molar-refractivity contribution in [1.29, 1.82) is 0 Å². The van der Waals surface area contributed by atoms with Gasteiger partial charge in [0.25, 0.3) is 5.91 Å². The van der Waals surface area contributed by atoms with Crippen LogP contribution in [0.1, 0.15) is 44.0 Å². The van der Waals surface area contributed by atoms with Crippen LogP contribution >= 0.6 is 0 Å². The SMILES string of the molecule is CCN1CCOc2ccccc2C(=O)N[C@H](C(=O)N(C)CCOc2ccccc2F)CC(=O)N[C@H](CC(C)C)C1=O. The van der Waals surface area contributed by atoms with Crippen LogP contribution in [-0.4, -0.2) is 85.4 Å². The molecule has 1 heterocycles. The van der Waals surface area contributed by atoms with E-state index in [4.69, 9.17) is 9.47 Å². The van der Waals surface area contributed by atoms with Crippen molar-refractivity contribution in [3.05, 3.63) is 59.9 Å². The Morgan fingerprint density at radius 2 is 1.83 bits per heavy atom. The maximum atomic E-state index is 13.9. The first-order valence-electron chi connectivity index (χ1n) is 13.8. The van der Waals surface area contributed by atoms with Crippen molar-refractivity contribution < 1.29 is 33.0 Å². The molecular weight excluding hydrogens is 531 g/mol. The zero-order valence-corrected chi connectivity index (χ0v) is 24.0. The number of benzene rings is 2. The van der Waals surface area contributed by atoms with E-state index in [2.05, 4.69) is 10.6 Å². The van der Waals surface area contributed by atoms with Crippen LogP contribution in [0.5, 0.6) is 11.5 Å². The van der Waals surface area contributed by atoms with Crippen molar-refractivity contribution in [3.63, 3.8) is 0 Å². The molecule has 2 N–H and O–H groups in total. The van der Waals surface area contributed by atoms with Crippen LogP contribution in [0, 0.1) is 11.7 Å². The van der Waals surface area contributed by atoms with Crippen LogP contribution in [0.15, 0.2) is 48.5 Å². The molecule has 0 aromatic heterocycles. The Labute approximate surface area is 240 Å². The number of fused-ring (bicyclic) bond motifs is 1. The highest BCUT2D eigenvalue weighted by Gasteiger charge is 2.32. The lowest BCUT2D eigenvalue weighted by molar-refractivity contribution is -0.138. The average Bonchev–Trinajstić information content (AvgIpc) is 2.94. The maximum Gasteiger partial charge on any atom is 0.255 e. The minimum atomic E-state index is -1.24. The van der Waals surface area contributed by atoms with E-state index < -0.39 is 35.6 Å². The summed E-state index contributed by atoms with van der Waals surface area (Å²) in [6, 6.07) is 10.5. The number of carbonyl (C=O) groups excluding carboxylic acids is 4. The summed E-state index contributed by atoms with van der Waals surface area (Å²) in [4.78, 5) is 56.3. The minimum absolute atomic E-state index is 0.00940. The largest absolute Gasteiger partial charge is 0.491 e. The molecule has 0 saturated carbocycles. The summed E-state index contributed by atoms with van der Waals surface area (Å²) in [5.74, 6) is -1.97. The summed E-state index contributed by atoms with van der Waals surface area (Å²) in [7, 11) is 1.50. The first-order valence-corrected chi connectivity index (χ1v) is 13.8. The van der Waals surface area contributed by atoms with Crippen LogP contribution in [-0.2, 0) is 14.4 Å². The maximum absolute atomic E-state index is 13.9. The van der Waals surface area contributed by atoms with Crippen LogP contribution in [0.4, 0.5) is 4.39 Å². The Morgan fingerprint density at radius 1 is 1.12 bits per heavy atom. The molecule has 0 fully saturated rings. The summed E-state index contributed by atoms with van der Waals surface area (Å²) in [6.07, 6.45) is 0.0170. The van der Waals surface area contributed by atoms with Gasteiger partial charge in [0.15, 0.2) is 11.6 Å². The molecule has 3 rings (SSSR count). The number of likely N-dealkylation sites (N-methyl/N-ethyl adjacent to an activating group) is 2. The van der Waals surface area contributed by atoms with Crippen LogP contribution in [0.2, 0.25) is 0 Å². The Kier molecular flexibility index (Phi) is 11.5. The summed E-state index contributed by atoms with van der Waals surface area (Å²) in [5, 5.41) is 5.46. The molecule has 0 bridgehead atoms. The zero-order valence-electron chi connectivity index (χ0n) is 24.0. The molecule has 1 aliphatic heterocycles. The number of rotatable bonds is 8. The smallest absolute Gasteiger partial charge is 0.255 e. The Balaban J connectivity index is 1.84. The molecule has 41 heavy (non-hydrogen) atoms. The lowest BCUT2D eigenvalue weighted by atomic mass is 10.0. The second-order valence-corrected chi connectivity index (χ2v) is 10.3. The first-order chi connectivity index (χ1) is 19.6. The van der Waals surface area contributed by atoms with Crippen LogP contribution < -0.4 is 20.1 Å². The van der Waals surface area contributed by atoms with Gasteiger partial charge in [0.2, 0.25) is 17.7 Å². The van der Waals surface area contributed by atoms with Gasteiger partial charge in [-0.3, -0.25) is 19.2 Å². The predicted octanol–water partition coefficient (Wildman–Crippen LogP) is 2.62. The molecule has 1 aliphatic rings. The fraction of sp³-hybridized carbons (Fsp3) is 0.467. The lowest BCUT2D eigenvalue weighted by Crippen LogP contribution is -2.54. The van der Waals surface area contributed by atoms with Crippen LogP contribution in [0.25, 0.3) is 0 Å². The monoisotopic (exact) mass is 570 g/mol. The predicted molar refractivity (Wildman–Crippen MR) is 151 cm³/mol. The molecule has 0 radical (unpaired) electrons. The van der Waals surface area contributed by atoms with Crippen molar-refractivity contribution >= 4 is 23.6 Å². The highest BCUT2D eigenvalue weighted by molar-refractivity contribution is 6.01. The number of ether oxygens (including phenoxy) is 2. The van der Waals surface area contributed by atoms with Crippen molar-refractivity contribution in [2.75, 3.05) is 39.9 Å². The third-order valence-electron chi connectivity index (χ3n) is 6.67. The van der Waals surface area contributed by atoms with Crippen LogP contribution in [0.3, 0.4) is 0 Å². The van der Waals surface area contributed by atoms with Crippen molar-refractivity contribution in [2.45, 2.75) is 45.7 Å². The number of halogens is 1. The topological polar surface area (TPSA) is 117 Å². The van der Waals surface area contributed by atoms with E-state index in [-0.39, 0.29) is 55.9 Å². The molecule has 4 amide bonds. The minimum Gasteiger partial charge on any atom is -0.491 e. The van der Waals surface area contributed by atoms with E-state index in [9.17, 15) is 23.6 Å². The summed E-state index contributed by atoms with van der Waals surface area (Å²) < 4.78 is 25.2. The van der Waals surface area contributed by atoms with E-state index in [0.717, 1.165) is 0 Å². The van der Waals surface area contributed by atoms with Crippen molar-refractivity contribution in [2.24, 2.45) is 5.92 Å². The number of nitrogens with one attached hydrogen (secondary N) is 2. The molecule has 0 unspecified atom stereocenters. The molecule has 0 saturated heterocycles. The van der Waals surface area contributed by atoms with E-state index in [0.29, 0.717) is 18.7 Å². The normalized spacial score (nSPS) is 18.5. The molecule has 2 aromatic rings. The van der Waals surface area contributed by atoms with E-state index in [1.54, 1.807) is 41.3 Å². The Bertz CT molecular complexity index is 1220. The number of nitrogens with zero attached hydrogens (tertiary/aromatic N) is 2. The van der Waals surface area contributed by atoms with Gasteiger partial charge in [-0.1, -0.05) is 38.1 Å². The summed E-state index contributed by atoms with van der Waals surface area (Å²) in [5.41, 5.74) is 0.195. The molecule has 11 heteroatoms. The van der Waals surface area contributed by atoms with Gasteiger partial charge in [0.1, 0.15) is 31.0 Å². The fourth-order valence-corrected chi connectivity index (χ4v) is 4.49. The quantitative estimate of drug-likeness (QED) is 0.504. The van der Waals surface area contributed by atoms with Gasteiger partial charge in [-0.2, -0.15) is 0 Å². The van der Waals surface area contributed by atoms with Gasteiger partial charge < -0.3 is 29.9 Å². The van der Waals surface area contributed by atoms with E-state index >= 15 is 0 Å². The molecule has 10 nitrogen and oxygen atoms in total. The molecule has 2 atom stereocenters. The number of amides is 4. The number of para-hydroxylation sites is 2. The lowest BCUT2D eigenvalue weighted by Gasteiger charge is -2.29. The van der Waals surface area contributed by atoms with Gasteiger partial charge >= 0.3 is 0 Å². The molecule has 0 spiro atoms. The van der Waals surface area contributed by atoms with Gasteiger partial charge in [-0.25, -0.2) is 4.39 Å². The average molecular weight is 571 g/mol. The molecule has 2 aromatic carbocycles. The van der Waals surface area contributed by atoms with Crippen molar-refractivity contribution in [1.82, 2.24) is 20.4 Å². The standard InChI is InChI=1S/C30H39FN4O6/c1-5-35-15-17-40-25-12-8-6-10-21(25)28(37)33-24(19-27(36)32-23(30(35)39)18-20(2)3)29(38)34(4)14-16-41-26-13-9-7-11-22(26)31/h6-13,20,23-24H,5,14-19H2,1-4H3,(H,32,36)(H,33,37)/t23-,24+/m1/s1. The third-order valence-corrected chi connectivity index (χ3v) is 6.67. The second-order valence-electron chi connectivity index (χ2n) is 10.3. The fourth-order valence-electron chi connectivity index (χ4n) is 4.49. The summed E-state index contributed by atoms with van der Waals surface area (Å²) in [6.45, 7) is 6.63. The number of hydrogen-bond donors (Lipinski definition) is 2. The summed E-state index contributed by atoms with van der Waals surface area (Å²) >= 11 is 0. The number of hydrogen-bond acceptors (Lipinski definition) is 6. The highest BCUT2D eigenvalue weighted by Crippen LogP contribution is 2.19. The molecule has 222 valence electrons. The molecular formula is C30H39FN4O6. The van der Waals surface area contributed by atoms with E-state index in [1.807, 2.05) is 20.8 Å². The van der Waals surface area contributed by atoms with Gasteiger partial charge in [-0.05, 0) is 43.5 Å². The number of carbonyl (C=O) groups is 4. The van der Waals surface area contributed by atoms with Gasteiger partial charge in [0, 0.05) is 13.6 Å². The van der Waals surface area contributed by atoms with Gasteiger partial charge in [-0.15, -0.1) is 0 Å². The Morgan fingerprint density at radius 3 is 2.54 bits per heavy atom. The van der Waals surface area contributed by atoms with Gasteiger partial charge in [0.05, 0.1) is 25.1 Å². The first kappa shape index (κ1) is 31.4.